The third-order valence-corrected chi connectivity index (χ3v) is 8.09. The Balaban J connectivity index is 0.988. The highest BCUT2D eigenvalue weighted by atomic mass is 16.5. The molecule has 2 saturated heterocycles. The van der Waals surface area contributed by atoms with E-state index in [1.807, 2.05) is 12.3 Å². The summed E-state index contributed by atoms with van der Waals surface area (Å²) in [4.78, 5) is 22.1. The monoisotopic (exact) mass is 441 g/mol. The van der Waals surface area contributed by atoms with Gasteiger partial charge in [0.1, 0.15) is 17.4 Å². The first-order valence-electron chi connectivity index (χ1n) is 13.0. The Kier molecular flexibility index (Phi) is 7.28. The first-order chi connectivity index (χ1) is 15.7. The third-order valence-electron chi connectivity index (χ3n) is 8.09. The highest BCUT2D eigenvalue weighted by Gasteiger charge is 2.27. The average molecular weight is 442 g/mol. The summed E-state index contributed by atoms with van der Waals surface area (Å²) >= 11 is 0. The number of carbonyl (C=O) groups excluding carboxylic acids is 1. The van der Waals surface area contributed by atoms with Crippen molar-refractivity contribution in [1.29, 1.82) is 0 Å². The van der Waals surface area contributed by atoms with Crippen LogP contribution in [0, 0.1) is 11.8 Å². The highest BCUT2D eigenvalue weighted by molar-refractivity contribution is 5.79. The normalized spacial score (nSPS) is 28.5. The van der Waals surface area contributed by atoms with Crippen molar-refractivity contribution in [2.75, 3.05) is 50.8 Å². The summed E-state index contributed by atoms with van der Waals surface area (Å²) < 4.78 is 11.3. The minimum Gasteiger partial charge on any atom is -0.493 e. The Morgan fingerprint density at radius 2 is 1.81 bits per heavy atom. The Morgan fingerprint density at radius 3 is 2.59 bits per heavy atom. The van der Waals surface area contributed by atoms with Crippen molar-refractivity contribution in [3.8, 4) is 5.75 Å². The van der Waals surface area contributed by atoms with Gasteiger partial charge in [-0.3, -0.25) is 9.69 Å². The Bertz CT molecular complexity index is 764. The highest BCUT2D eigenvalue weighted by Crippen LogP contribution is 2.34. The number of rotatable bonds is 8. The van der Waals surface area contributed by atoms with Crippen LogP contribution in [-0.2, 0) is 16.0 Å². The van der Waals surface area contributed by atoms with Crippen LogP contribution in [0.3, 0.4) is 0 Å². The lowest BCUT2D eigenvalue weighted by atomic mass is 9.78. The number of aromatic nitrogens is 1. The average Bonchev–Trinajstić information content (AvgIpc) is 3.51. The van der Waals surface area contributed by atoms with E-state index >= 15 is 0 Å². The molecule has 0 unspecified atom stereocenters. The van der Waals surface area contributed by atoms with Gasteiger partial charge in [0.05, 0.1) is 12.7 Å². The van der Waals surface area contributed by atoms with Gasteiger partial charge in [0.2, 0.25) is 0 Å². The number of hydrogen-bond donors (Lipinski definition) is 0. The van der Waals surface area contributed by atoms with E-state index < -0.39 is 0 Å². The maximum atomic E-state index is 12.4. The van der Waals surface area contributed by atoms with Gasteiger partial charge in [0.25, 0.3) is 0 Å². The second-order valence-electron chi connectivity index (χ2n) is 10.3. The van der Waals surface area contributed by atoms with E-state index in [-0.39, 0.29) is 6.10 Å². The number of Topliss-reactive ketones (excluding diaryl/α,β-unsaturated/α-hetero) is 1. The predicted octanol–water partition coefficient (Wildman–Crippen LogP) is 3.86. The molecule has 1 saturated carbocycles. The molecule has 5 rings (SSSR count). The number of fused-ring (bicyclic) bond motifs is 1. The number of piperazine rings is 1. The molecule has 6 heteroatoms. The topological polar surface area (TPSA) is 54.9 Å². The number of pyridine rings is 1. The Morgan fingerprint density at radius 1 is 1.00 bits per heavy atom. The van der Waals surface area contributed by atoms with Gasteiger partial charge in [-0.25, -0.2) is 4.98 Å². The lowest BCUT2D eigenvalue weighted by Gasteiger charge is -2.37. The van der Waals surface area contributed by atoms with Crippen molar-refractivity contribution in [3.63, 3.8) is 0 Å². The zero-order chi connectivity index (χ0) is 21.8. The van der Waals surface area contributed by atoms with Crippen LogP contribution in [0.4, 0.5) is 5.82 Å². The molecule has 1 aliphatic carbocycles. The largest absolute Gasteiger partial charge is 0.493 e. The number of nitrogens with zero attached hydrogens (tertiary/aromatic N) is 3. The number of anilines is 1. The van der Waals surface area contributed by atoms with Crippen LogP contribution in [0.2, 0.25) is 0 Å². The van der Waals surface area contributed by atoms with Gasteiger partial charge < -0.3 is 14.4 Å². The Labute approximate surface area is 192 Å². The summed E-state index contributed by atoms with van der Waals surface area (Å²) in [5, 5.41) is 0. The molecule has 0 amide bonds. The van der Waals surface area contributed by atoms with Crippen LogP contribution in [0.5, 0.6) is 5.75 Å². The molecule has 0 bridgehead atoms. The molecule has 0 aromatic carbocycles. The molecule has 0 spiro atoms. The molecular weight excluding hydrogens is 402 g/mol. The Hall–Kier alpha value is -1.66. The first-order valence-corrected chi connectivity index (χ1v) is 13.0. The molecule has 176 valence electrons. The van der Waals surface area contributed by atoms with E-state index in [0.29, 0.717) is 18.1 Å². The first kappa shape index (κ1) is 22.1. The number of carbonyl (C=O) groups is 1. The third kappa shape index (κ3) is 5.45. The van der Waals surface area contributed by atoms with Crippen molar-refractivity contribution >= 4 is 11.6 Å². The number of ether oxygens (including phenoxy) is 2. The van der Waals surface area contributed by atoms with Crippen LogP contribution >= 0.6 is 0 Å². The fraction of sp³-hybridized carbons (Fsp3) is 0.769. The zero-order valence-electron chi connectivity index (χ0n) is 19.5. The van der Waals surface area contributed by atoms with Gasteiger partial charge >= 0.3 is 0 Å². The molecule has 0 N–H and O–H groups in total. The summed E-state index contributed by atoms with van der Waals surface area (Å²) in [7, 11) is 0. The fourth-order valence-electron chi connectivity index (χ4n) is 6.11. The minimum atomic E-state index is 0.214. The lowest BCUT2D eigenvalue weighted by Crippen LogP contribution is -2.47. The molecule has 0 radical (unpaired) electrons. The summed E-state index contributed by atoms with van der Waals surface area (Å²) in [5.74, 6) is 4.07. The molecule has 3 aliphatic heterocycles. The summed E-state index contributed by atoms with van der Waals surface area (Å²) in [6, 6.07) is 2.00. The van der Waals surface area contributed by atoms with E-state index in [9.17, 15) is 4.79 Å². The quantitative estimate of drug-likeness (QED) is 0.611. The van der Waals surface area contributed by atoms with Crippen LogP contribution in [0.15, 0.2) is 12.3 Å². The number of ketones is 1. The maximum Gasteiger partial charge on any atom is 0.135 e. The molecular formula is C26H39N3O3. The molecule has 32 heavy (non-hydrogen) atoms. The predicted molar refractivity (Wildman–Crippen MR) is 125 cm³/mol. The zero-order valence-corrected chi connectivity index (χ0v) is 19.5. The summed E-state index contributed by atoms with van der Waals surface area (Å²) in [5.41, 5.74) is 1.30. The van der Waals surface area contributed by atoms with Gasteiger partial charge in [-0.2, -0.15) is 0 Å². The van der Waals surface area contributed by atoms with Crippen molar-refractivity contribution in [2.24, 2.45) is 11.8 Å². The van der Waals surface area contributed by atoms with Gasteiger partial charge in [-0.1, -0.05) is 12.8 Å². The van der Waals surface area contributed by atoms with Gasteiger partial charge in [-0.15, -0.1) is 0 Å². The summed E-state index contributed by atoms with van der Waals surface area (Å²) in [6.07, 6.45) is 13.1. The molecule has 4 heterocycles. The van der Waals surface area contributed by atoms with Gasteiger partial charge in [0, 0.05) is 63.8 Å². The van der Waals surface area contributed by atoms with Crippen molar-refractivity contribution in [3.05, 3.63) is 17.8 Å². The standard InChI is InChI=1S/C26H39N3O3/c30-22(19-23-2-1-16-31-23)18-21-5-3-20(4-6-21)8-11-28-12-14-29(15-13-28)26-24-9-17-32-25(24)7-10-27-26/h7,10,20-21,23H,1-6,8-9,11-19H2/t20?,21?,23-/m0/s1. The molecule has 6 nitrogen and oxygen atoms in total. The van der Waals surface area contributed by atoms with Crippen LogP contribution < -0.4 is 9.64 Å². The van der Waals surface area contributed by atoms with Crippen molar-refractivity contribution < 1.29 is 14.3 Å². The number of hydrogen-bond acceptors (Lipinski definition) is 6. The van der Waals surface area contributed by atoms with Crippen molar-refractivity contribution in [2.45, 2.75) is 70.3 Å². The van der Waals surface area contributed by atoms with Crippen LogP contribution in [-0.4, -0.2) is 67.7 Å². The minimum absolute atomic E-state index is 0.214. The smallest absolute Gasteiger partial charge is 0.135 e. The van der Waals surface area contributed by atoms with Crippen LogP contribution in [0.25, 0.3) is 0 Å². The van der Waals surface area contributed by atoms with Gasteiger partial charge in [0.15, 0.2) is 0 Å². The van der Waals surface area contributed by atoms with E-state index in [1.165, 1.54) is 44.2 Å². The van der Waals surface area contributed by atoms with E-state index in [2.05, 4.69) is 14.8 Å². The maximum absolute atomic E-state index is 12.4. The fourth-order valence-corrected chi connectivity index (χ4v) is 6.11. The summed E-state index contributed by atoms with van der Waals surface area (Å²) in [6.45, 7) is 7.21. The SMILES string of the molecule is O=C(CC1CCC(CCN2CCN(c3nccc4c3CCO4)CC2)CC1)C[C@@H]1CCCO1. The van der Waals surface area contributed by atoms with E-state index in [1.54, 1.807) is 0 Å². The molecule has 1 atom stereocenters. The lowest BCUT2D eigenvalue weighted by molar-refractivity contribution is -0.122. The molecule has 1 aromatic heterocycles. The van der Waals surface area contributed by atoms with E-state index in [0.717, 1.165) is 82.6 Å². The molecule has 4 aliphatic rings. The van der Waals surface area contributed by atoms with Crippen molar-refractivity contribution in [1.82, 2.24) is 9.88 Å². The van der Waals surface area contributed by atoms with Crippen LogP contribution in [0.1, 0.15) is 63.4 Å². The second kappa shape index (κ2) is 10.5. The second-order valence-corrected chi connectivity index (χ2v) is 10.3. The molecule has 1 aromatic rings. The molecule has 3 fully saturated rings. The van der Waals surface area contributed by atoms with Gasteiger partial charge in [-0.05, 0) is 56.6 Å². The van der Waals surface area contributed by atoms with E-state index in [4.69, 9.17) is 9.47 Å².